The fourth-order valence-electron chi connectivity index (χ4n) is 0.396. The molecule has 0 saturated heterocycles. The molecule has 52 valence electrons. The summed E-state index contributed by atoms with van der Waals surface area (Å²) >= 11 is 0. The van der Waals surface area contributed by atoms with E-state index in [-0.39, 0.29) is 5.91 Å². The highest BCUT2D eigenvalue weighted by Gasteiger charge is 1.97. The van der Waals surface area contributed by atoms with Crippen LogP contribution in [-0.2, 0) is 4.79 Å². The third-order valence-corrected chi connectivity index (χ3v) is 0.850. The van der Waals surface area contributed by atoms with Crippen molar-refractivity contribution in [1.29, 1.82) is 0 Å². The summed E-state index contributed by atoms with van der Waals surface area (Å²) in [6.07, 6.45) is 1.57. The van der Waals surface area contributed by atoms with Crippen LogP contribution in [0.25, 0.3) is 0 Å². The van der Waals surface area contributed by atoms with Gasteiger partial charge in [-0.1, -0.05) is 0 Å². The molecule has 1 amide bonds. The van der Waals surface area contributed by atoms with E-state index in [9.17, 15) is 4.79 Å². The van der Waals surface area contributed by atoms with Crippen LogP contribution >= 0.6 is 0 Å². The van der Waals surface area contributed by atoms with Crippen LogP contribution in [0.2, 0.25) is 0 Å². The van der Waals surface area contributed by atoms with E-state index in [1.807, 2.05) is 5.43 Å². The zero-order valence-electron chi connectivity index (χ0n) is 5.56. The van der Waals surface area contributed by atoms with Crippen molar-refractivity contribution in [3.63, 3.8) is 0 Å². The third kappa shape index (κ3) is 2.71. The van der Waals surface area contributed by atoms with Crippen LogP contribution in [-0.4, -0.2) is 13.0 Å². The van der Waals surface area contributed by atoms with Gasteiger partial charge >= 0.3 is 0 Å². The summed E-state index contributed by atoms with van der Waals surface area (Å²) < 4.78 is 0. The molecule has 4 N–H and O–H groups in total. The highest BCUT2D eigenvalue weighted by atomic mass is 16.2. The first-order valence-electron chi connectivity index (χ1n) is 2.57. The Morgan fingerprint density at radius 1 is 1.67 bits per heavy atom. The van der Waals surface area contributed by atoms with Crippen LogP contribution in [0, 0.1) is 0 Å². The van der Waals surface area contributed by atoms with Gasteiger partial charge in [-0.15, -0.1) is 0 Å². The minimum Gasteiger partial charge on any atom is -0.394 e. The lowest BCUT2D eigenvalue weighted by Crippen LogP contribution is -2.31. The maximum Gasteiger partial charge on any atom is 0.262 e. The molecule has 0 rings (SSSR count). The minimum atomic E-state index is -0.274. The van der Waals surface area contributed by atoms with Gasteiger partial charge in [-0.05, 0) is 6.92 Å². The number of carbonyl (C=O) groups is 1. The van der Waals surface area contributed by atoms with E-state index in [0.29, 0.717) is 5.57 Å². The zero-order chi connectivity index (χ0) is 7.28. The maximum absolute atomic E-state index is 10.6. The Morgan fingerprint density at radius 3 is 2.56 bits per heavy atom. The molecule has 0 aliphatic heterocycles. The van der Waals surface area contributed by atoms with E-state index in [2.05, 4.69) is 5.32 Å². The SMILES string of the molecule is CN/C=C(\C)C(=O)NN. The lowest BCUT2D eigenvalue weighted by Gasteiger charge is -1.96. The van der Waals surface area contributed by atoms with Crippen LogP contribution in [0.1, 0.15) is 6.92 Å². The number of carbonyl (C=O) groups excluding carboxylic acids is 1. The van der Waals surface area contributed by atoms with Gasteiger partial charge in [-0.25, -0.2) is 5.84 Å². The molecule has 0 fully saturated rings. The van der Waals surface area contributed by atoms with Crippen LogP contribution < -0.4 is 16.6 Å². The van der Waals surface area contributed by atoms with Crippen molar-refractivity contribution in [3.8, 4) is 0 Å². The molecule has 0 saturated carbocycles. The fraction of sp³-hybridized carbons (Fsp3) is 0.400. The summed E-state index contributed by atoms with van der Waals surface area (Å²) in [4.78, 5) is 10.6. The Bertz CT molecular complexity index is 130. The molecule has 0 aromatic carbocycles. The maximum atomic E-state index is 10.6. The van der Waals surface area contributed by atoms with Crippen molar-refractivity contribution in [2.75, 3.05) is 7.05 Å². The highest BCUT2D eigenvalue weighted by Crippen LogP contribution is 1.86. The lowest BCUT2D eigenvalue weighted by atomic mass is 10.3. The van der Waals surface area contributed by atoms with Crippen molar-refractivity contribution in [2.45, 2.75) is 6.92 Å². The number of hydrogen-bond acceptors (Lipinski definition) is 3. The number of hydrogen-bond donors (Lipinski definition) is 3. The van der Waals surface area contributed by atoms with Crippen molar-refractivity contribution >= 4 is 5.91 Å². The first-order valence-corrected chi connectivity index (χ1v) is 2.57. The van der Waals surface area contributed by atoms with Gasteiger partial charge in [-0.3, -0.25) is 10.2 Å². The molecule has 0 aromatic rings. The van der Waals surface area contributed by atoms with Gasteiger partial charge in [-0.2, -0.15) is 0 Å². The predicted molar refractivity (Wildman–Crippen MR) is 35.1 cm³/mol. The molecule has 0 aliphatic rings. The molecule has 0 aliphatic carbocycles. The molecule has 4 heteroatoms. The van der Waals surface area contributed by atoms with E-state index < -0.39 is 0 Å². The first-order chi connectivity index (χ1) is 4.22. The summed E-state index contributed by atoms with van der Waals surface area (Å²) in [6.45, 7) is 1.67. The number of hydrazine groups is 1. The zero-order valence-corrected chi connectivity index (χ0v) is 5.56. The van der Waals surface area contributed by atoms with Gasteiger partial charge in [0.25, 0.3) is 5.91 Å². The van der Waals surface area contributed by atoms with Crippen molar-refractivity contribution in [3.05, 3.63) is 11.8 Å². The van der Waals surface area contributed by atoms with Gasteiger partial charge in [0.05, 0.1) is 0 Å². The lowest BCUT2D eigenvalue weighted by molar-refractivity contribution is -0.117. The molecular formula is C5H11N3O. The topological polar surface area (TPSA) is 67.2 Å². The van der Waals surface area contributed by atoms with Gasteiger partial charge in [0.2, 0.25) is 0 Å². The summed E-state index contributed by atoms with van der Waals surface area (Å²) in [5.74, 6) is 4.56. The average Bonchev–Trinajstić information content (AvgIpc) is 1.87. The second-order valence-corrected chi connectivity index (χ2v) is 1.59. The normalized spacial score (nSPS) is 10.8. The quantitative estimate of drug-likeness (QED) is 0.196. The van der Waals surface area contributed by atoms with Gasteiger partial charge in [0.1, 0.15) is 0 Å². The number of nitrogens with two attached hydrogens (primary N) is 1. The molecule has 0 atom stereocenters. The standard InChI is InChI=1S/C5H11N3O/c1-4(3-7-2)5(9)8-6/h3,7H,6H2,1-2H3,(H,8,9)/b4-3+. The van der Waals surface area contributed by atoms with E-state index in [0.717, 1.165) is 0 Å². The average molecular weight is 129 g/mol. The Balaban J connectivity index is 3.86. The van der Waals surface area contributed by atoms with Gasteiger partial charge in [0, 0.05) is 18.8 Å². The van der Waals surface area contributed by atoms with Gasteiger partial charge < -0.3 is 5.32 Å². The Morgan fingerprint density at radius 2 is 2.22 bits per heavy atom. The van der Waals surface area contributed by atoms with E-state index >= 15 is 0 Å². The number of amides is 1. The number of rotatable bonds is 2. The van der Waals surface area contributed by atoms with Crippen molar-refractivity contribution < 1.29 is 4.79 Å². The van der Waals surface area contributed by atoms with Gasteiger partial charge in [0.15, 0.2) is 0 Å². The molecule has 9 heavy (non-hydrogen) atoms. The molecular weight excluding hydrogens is 118 g/mol. The Hall–Kier alpha value is -1.03. The van der Waals surface area contributed by atoms with E-state index in [4.69, 9.17) is 5.84 Å². The Kier molecular flexibility index (Phi) is 3.46. The van der Waals surface area contributed by atoms with Crippen LogP contribution in [0.3, 0.4) is 0 Å². The van der Waals surface area contributed by atoms with Crippen molar-refractivity contribution in [2.24, 2.45) is 5.84 Å². The summed E-state index contributed by atoms with van der Waals surface area (Å²) in [5.41, 5.74) is 2.56. The first kappa shape index (κ1) is 7.97. The minimum absolute atomic E-state index is 0.274. The second-order valence-electron chi connectivity index (χ2n) is 1.59. The molecule has 0 bridgehead atoms. The fourth-order valence-corrected chi connectivity index (χ4v) is 0.396. The monoisotopic (exact) mass is 129 g/mol. The van der Waals surface area contributed by atoms with Crippen LogP contribution in [0.15, 0.2) is 11.8 Å². The Labute approximate surface area is 54.1 Å². The molecule has 0 unspecified atom stereocenters. The van der Waals surface area contributed by atoms with Crippen LogP contribution in [0.5, 0.6) is 0 Å². The summed E-state index contributed by atoms with van der Waals surface area (Å²) in [6, 6.07) is 0. The van der Waals surface area contributed by atoms with E-state index in [1.165, 1.54) is 0 Å². The van der Waals surface area contributed by atoms with Crippen LogP contribution in [0.4, 0.5) is 0 Å². The highest BCUT2D eigenvalue weighted by molar-refractivity contribution is 5.92. The molecule has 4 nitrogen and oxygen atoms in total. The number of nitrogens with one attached hydrogen (secondary N) is 2. The molecule has 0 spiro atoms. The summed E-state index contributed by atoms with van der Waals surface area (Å²) in [7, 11) is 1.72. The largest absolute Gasteiger partial charge is 0.394 e. The smallest absolute Gasteiger partial charge is 0.262 e. The summed E-state index contributed by atoms with van der Waals surface area (Å²) in [5, 5.41) is 2.70. The van der Waals surface area contributed by atoms with E-state index in [1.54, 1.807) is 20.2 Å². The molecule has 0 heterocycles. The third-order valence-electron chi connectivity index (χ3n) is 0.850. The molecule has 0 radical (unpaired) electrons. The predicted octanol–water partition coefficient (Wildman–Crippen LogP) is -0.900. The molecule has 0 aromatic heterocycles. The second kappa shape index (κ2) is 3.91. The van der Waals surface area contributed by atoms with Crippen molar-refractivity contribution in [1.82, 2.24) is 10.7 Å².